The zero-order valence-corrected chi connectivity index (χ0v) is 18.6. The van der Waals surface area contributed by atoms with Crippen molar-refractivity contribution in [2.45, 2.75) is 13.0 Å². The molecule has 33 heavy (non-hydrogen) atoms. The van der Waals surface area contributed by atoms with Gasteiger partial charge in [-0.05, 0) is 48.9 Å². The highest BCUT2D eigenvalue weighted by atomic mass is 16.5. The number of nitrogens with two attached hydrogens (primary N) is 1. The van der Waals surface area contributed by atoms with E-state index >= 15 is 0 Å². The van der Waals surface area contributed by atoms with Gasteiger partial charge in [0.25, 0.3) is 0 Å². The molecular weight excluding hydrogens is 418 g/mol. The van der Waals surface area contributed by atoms with E-state index in [1.165, 1.54) is 6.92 Å². The standard InChI is InChI=1S/C25H25N5O3/c1-15(31)22(26)16-7-4-8-17(13-16)28-25-29-23-20(11-6-12-21(23)33-3)24(30-25)27-18-9-5-10-19(14-18)32-2/h4-14,22H,26H2,1-3H3,(H2,27,28,29,30). The molecule has 0 spiro atoms. The lowest BCUT2D eigenvalue weighted by molar-refractivity contribution is -0.118. The Morgan fingerprint density at radius 3 is 2.36 bits per heavy atom. The first-order valence-electron chi connectivity index (χ1n) is 10.4. The number of carbonyl (C=O) groups excluding carboxylic acids is 1. The van der Waals surface area contributed by atoms with E-state index in [1.54, 1.807) is 14.2 Å². The van der Waals surface area contributed by atoms with Crippen LogP contribution in [0, 0.1) is 0 Å². The number of Topliss-reactive ketones (excluding diaryl/α,β-unsaturated/α-hetero) is 1. The van der Waals surface area contributed by atoms with Crippen LogP contribution in [0.5, 0.6) is 11.5 Å². The molecule has 8 heteroatoms. The summed E-state index contributed by atoms with van der Waals surface area (Å²) in [5.41, 5.74) is 8.89. The fourth-order valence-electron chi connectivity index (χ4n) is 3.45. The van der Waals surface area contributed by atoms with Crippen LogP contribution in [0.4, 0.5) is 23.1 Å². The average Bonchev–Trinajstić information content (AvgIpc) is 2.83. The smallest absolute Gasteiger partial charge is 0.229 e. The zero-order chi connectivity index (χ0) is 23.4. The second-order valence-corrected chi connectivity index (χ2v) is 7.45. The van der Waals surface area contributed by atoms with Gasteiger partial charge in [-0.3, -0.25) is 4.79 Å². The highest BCUT2D eigenvalue weighted by Crippen LogP contribution is 2.32. The van der Waals surface area contributed by atoms with Gasteiger partial charge in [0.2, 0.25) is 5.95 Å². The van der Waals surface area contributed by atoms with Crippen LogP contribution in [-0.4, -0.2) is 30.0 Å². The van der Waals surface area contributed by atoms with E-state index in [9.17, 15) is 4.79 Å². The number of carbonyl (C=O) groups is 1. The minimum Gasteiger partial charge on any atom is -0.497 e. The van der Waals surface area contributed by atoms with Crippen LogP contribution in [0.3, 0.4) is 0 Å². The lowest BCUT2D eigenvalue weighted by Crippen LogP contribution is -2.18. The summed E-state index contributed by atoms with van der Waals surface area (Å²) in [5, 5.41) is 7.37. The number of anilines is 4. The van der Waals surface area contributed by atoms with E-state index in [0.717, 1.165) is 16.8 Å². The third kappa shape index (κ3) is 4.86. The normalized spacial score (nSPS) is 11.6. The van der Waals surface area contributed by atoms with Gasteiger partial charge in [-0.25, -0.2) is 4.98 Å². The van der Waals surface area contributed by atoms with Crippen LogP contribution in [0.1, 0.15) is 18.5 Å². The minimum absolute atomic E-state index is 0.108. The Morgan fingerprint density at radius 1 is 0.909 bits per heavy atom. The number of hydrogen-bond acceptors (Lipinski definition) is 8. The van der Waals surface area contributed by atoms with Crippen molar-refractivity contribution in [3.8, 4) is 11.5 Å². The Morgan fingerprint density at radius 2 is 1.64 bits per heavy atom. The van der Waals surface area contributed by atoms with Crippen LogP contribution in [-0.2, 0) is 4.79 Å². The van der Waals surface area contributed by atoms with Crippen molar-refractivity contribution in [1.82, 2.24) is 9.97 Å². The van der Waals surface area contributed by atoms with Crippen LogP contribution in [0.25, 0.3) is 10.9 Å². The molecule has 0 bridgehead atoms. The monoisotopic (exact) mass is 443 g/mol. The van der Waals surface area contributed by atoms with Crippen molar-refractivity contribution in [3.05, 3.63) is 72.3 Å². The Kier molecular flexibility index (Phi) is 6.37. The number of methoxy groups -OCH3 is 2. The van der Waals surface area contributed by atoms with Gasteiger partial charge >= 0.3 is 0 Å². The van der Waals surface area contributed by atoms with Gasteiger partial charge < -0.3 is 25.8 Å². The Bertz CT molecular complexity index is 1310. The Labute approximate surface area is 191 Å². The molecule has 0 aliphatic carbocycles. The summed E-state index contributed by atoms with van der Waals surface area (Å²) in [6.45, 7) is 1.47. The topological polar surface area (TPSA) is 111 Å². The van der Waals surface area contributed by atoms with Crippen molar-refractivity contribution < 1.29 is 14.3 Å². The predicted octanol–water partition coefficient (Wildman–Crippen LogP) is 4.72. The largest absolute Gasteiger partial charge is 0.497 e. The van der Waals surface area contributed by atoms with Gasteiger partial charge in [0.15, 0.2) is 5.78 Å². The number of benzene rings is 3. The Balaban J connectivity index is 1.76. The maximum Gasteiger partial charge on any atom is 0.229 e. The van der Waals surface area contributed by atoms with Gasteiger partial charge in [0.05, 0.1) is 20.3 Å². The minimum atomic E-state index is -0.686. The first-order chi connectivity index (χ1) is 16.0. The summed E-state index contributed by atoms with van der Waals surface area (Å²) >= 11 is 0. The molecule has 4 rings (SSSR count). The van der Waals surface area contributed by atoms with E-state index in [4.69, 9.17) is 20.2 Å². The second-order valence-electron chi connectivity index (χ2n) is 7.45. The number of ether oxygens (including phenoxy) is 2. The fourth-order valence-corrected chi connectivity index (χ4v) is 3.45. The summed E-state index contributed by atoms with van der Waals surface area (Å²) < 4.78 is 10.9. The van der Waals surface area contributed by atoms with Crippen LogP contribution in [0.15, 0.2) is 66.7 Å². The van der Waals surface area contributed by atoms with Gasteiger partial charge in [0.1, 0.15) is 22.8 Å². The van der Waals surface area contributed by atoms with E-state index in [0.29, 0.717) is 34.3 Å². The van der Waals surface area contributed by atoms with E-state index in [2.05, 4.69) is 15.6 Å². The summed E-state index contributed by atoms with van der Waals surface area (Å²) in [4.78, 5) is 21.1. The van der Waals surface area contributed by atoms with Gasteiger partial charge in [0, 0.05) is 22.8 Å². The van der Waals surface area contributed by atoms with Crippen molar-refractivity contribution in [2.24, 2.45) is 5.73 Å². The summed E-state index contributed by atoms with van der Waals surface area (Å²) in [7, 11) is 3.23. The molecular formula is C25H25N5O3. The average molecular weight is 444 g/mol. The summed E-state index contributed by atoms with van der Waals surface area (Å²) in [6.07, 6.45) is 0. The molecule has 0 amide bonds. The molecule has 1 aromatic heterocycles. The number of rotatable bonds is 8. The van der Waals surface area contributed by atoms with E-state index < -0.39 is 6.04 Å². The van der Waals surface area contributed by atoms with Gasteiger partial charge in [-0.15, -0.1) is 0 Å². The zero-order valence-electron chi connectivity index (χ0n) is 18.6. The number of ketones is 1. The molecule has 3 aromatic carbocycles. The number of nitrogens with one attached hydrogen (secondary N) is 2. The number of nitrogens with zero attached hydrogens (tertiary/aromatic N) is 2. The number of aromatic nitrogens is 2. The molecule has 0 saturated heterocycles. The lowest BCUT2D eigenvalue weighted by Gasteiger charge is -2.15. The molecule has 8 nitrogen and oxygen atoms in total. The first kappa shape index (κ1) is 22.0. The summed E-state index contributed by atoms with van der Waals surface area (Å²) in [6, 6.07) is 19.9. The van der Waals surface area contributed by atoms with Gasteiger partial charge in [-0.1, -0.05) is 24.3 Å². The number of fused-ring (bicyclic) bond motifs is 1. The van der Waals surface area contributed by atoms with E-state index in [1.807, 2.05) is 66.7 Å². The third-order valence-electron chi connectivity index (χ3n) is 5.18. The van der Waals surface area contributed by atoms with E-state index in [-0.39, 0.29) is 5.78 Å². The molecule has 4 aromatic rings. The Hall–Kier alpha value is -4.17. The first-order valence-corrected chi connectivity index (χ1v) is 10.4. The lowest BCUT2D eigenvalue weighted by atomic mass is 10.0. The van der Waals surface area contributed by atoms with Gasteiger partial charge in [-0.2, -0.15) is 4.98 Å². The highest BCUT2D eigenvalue weighted by molar-refractivity contribution is 5.95. The summed E-state index contributed by atoms with van der Waals surface area (Å²) in [5.74, 6) is 2.22. The second kappa shape index (κ2) is 9.54. The molecule has 0 saturated carbocycles. The van der Waals surface area contributed by atoms with Crippen molar-refractivity contribution in [2.75, 3.05) is 24.9 Å². The maximum atomic E-state index is 11.7. The molecule has 1 heterocycles. The van der Waals surface area contributed by atoms with Crippen molar-refractivity contribution in [1.29, 1.82) is 0 Å². The predicted molar refractivity (Wildman–Crippen MR) is 130 cm³/mol. The number of para-hydroxylation sites is 1. The molecule has 0 aliphatic heterocycles. The van der Waals surface area contributed by atoms with Crippen molar-refractivity contribution in [3.63, 3.8) is 0 Å². The highest BCUT2D eigenvalue weighted by Gasteiger charge is 2.14. The van der Waals surface area contributed by atoms with Crippen LogP contribution < -0.4 is 25.8 Å². The van der Waals surface area contributed by atoms with Crippen LogP contribution in [0.2, 0.25) is 0 Å². The number of hydrogen-bond donors (Lipinski definition) is 3. The molecule has 168 valence electrons. The maximum absolute atomic E-state index is 11.7. The fraction of sp³-hybridized carbons (Fsp3) is 0.160. The van der Waals surface area contributed by atoms with Crippen LogP contribution >= 0.6 is 0 Å². The molecule has 1 unspecified atom stereocenters. The SMILES string of the molecule is COc1cccc(Nc2nc(Nc3cccc(C(N)C(C)=O)c3)nc3c(OC)cccc23)c1. The molecule has 4 N–H and O–H groups in total. The van der Waals surface area contributed by atoms with Crippen molar-refractivity contribution >= 4 is 39.8 Å². The molecule has 1 atom stereocenters. The molecule has 0 fully saturated rings. The molecule has 0 radical (unpaired) electrons. The third-order valence-corrected chi connectivity index (χ3v) is 5.18. The quantitative estimate of drug-likeness (QED) is 0.359. The molecule has 0 aliphatic rings.